The number of alkyl halides is 1. The Hall–Kier alpha value is -0.530. The van der Waals surface area contributed by atoms with Gasteiger partial charge in [-0.3, -0.25) is 0 Å². The van der Waals surface area contributed by atoms with Crippen molar-refractivity contribution in [3.05, 3.63) is 35.4 Å². The average molecular weight is 239 g/mol. The Kier molecular flexibility index (Phi) is 4.25. The van der Waals surface area contributed by atoms with Crippen molar-refractivity contribution in [2.24, 2.45) is 5.92 Å². The van der Waals surface area contributed by atoms with Gasteiger partial charge in [-0.25, -0.2) is 0 Å². The van der Waals surface area contributed by atoms with Crippen molar-refractivity contribution in [2.45, 2.75) is 31.1 Å². The number of rotatable bonds is 4. The zero-order valence-corrected chi connectivity index (χ0v) is 10.5. The molecule has 0 saturated carbocycles. The molecule has 0 saturated heterocycles. The van der Waals surface area contributed by atoms with E-state index in [9.17, 15) is 0 Å². The van der Waals surface area contributed by atoms with Crippen molar-refractivity contribution >= 4 is 11.6 Å². The summed E-state index contributed by atoms with van der Waals surface area (Å²) in [5.41, 5.74) is 2.78. The summed E-state index contributed by atoms with van der Waals surface area (Å²) in [6.45, 7) is 0.849. The molecule has 0 radical (unpaired) electrons. The average Bonchev–Trinajstić information content (AvgIpc) is 2.33. The van der Waals surface area contributed by atoms with E-state index < -0.39 is 0 Å². The van der Waals surface area contributed by atoms with E-state index >= 15 is 0 Å². The third-order valence-electron chi connectivity index (χ3n) is 3.47. The van der Waals surface area contributed by atoms with Gasteiger partial charge in [0.1, 0.15) is 0 Å². The van der Waals surface area contributed by atoms with Crippen LogP contribution >= 0.6 is 11.6 Å². The van der Waals surface area contributed by atoms with Crippen LogP contribution in [0.15, 0.2) is 24.3 Å². The number of hydrogen-bond acceptors (Lipinski definition) is 1. The van der Waals surface area contributed by atoms with Crippen LogP contribution in [0, 0.1) is 5.92 Å². The fourth-order valence-corrected chi connectivity index (χ4v) is 3.02. The Morgan fingerprint density at radius 2 is 2.19 bits per heavy atom. The van der Waals surface area contributed by atoms with E-state index in [0.717, 1.165) is 13.0 Å². The Morgan fingerprint density at radius 3 is 3.00 bits per heavy atom. The van der Waals surface area contributed by atoms with Gasteiger partial charge in [0, 0.05) is 13.7 Å². The second-order valence-corrected chi connectivity index (χ2v) is 5.00. The number of ether oxygens (including phenoxy) is 1. The molecule has 0 amide bonds. The number of methoxy groups -OCH3 is 1. The lowest BCUT2D eigenvalue weighted by Gasteiger charge is -2.29. The van der Waals surface area contributed by atoms with Gasteiger partial charge in [-0.05, 0) is 42.7 Å². The first-order chi connectivity index (χ1) is 7.83. The first-order valence-electron chi connectivity index (χ1n) is 6.03. The highest BCUT2D eigenvalue weighted by atomic mass is 35.5. The number of halogens is 1. The summed E-state index contributed by atoms with van der Waals surface area (Å²) in [5, 5.41) is 0.196. The first kappa shape index (κ1) is 11.9. The Morgan fingerprint density at radius 1 is 1.38 bits per heavy atom. The lowest BCUT2D eigenvalue weighted by molar-refractivity contribution is 0.184. The van der Waals surface area contributed by atoms with E-state index in [4.69, 9.17) is 16.3 Å². The molecule has 1 aromatic carbocycles. The normalized spacial score (nSPS) is 24.1. The zero-order chi connectivity index (χ0) is 11.4. The molecule has 0 spiro atoms. The molecular formula is C14H19ClO. The number of aryl methyl sites for hydroxylation is 1. The minimum Gasteiger partial charge on any atom is -0.385 e. The van der Waals surface area contributed by atoms with Crippen molar-refractivity contribution in [2.75, 3.05) is 13.7 Å². The van der Waals surface area contributed by atoms with E-state index in [0.29, 0.717) is 5.92 Å². The van der Waals surface area contributed by atoms with Gasteiger partial charge in [0.2, 0.25) is 0 Å². The smallest absolute Gasteiger partial charge is 0.0616 e. The van der Waals surface area contributed by atoms with Crippen molar-refractivity contribution < 1.29 is 4.74 Å². The molecule has 0 fully saturated rings. The standard InChI is InChI=1S/C14H19ClO/c1-16-10-4-6-12-9-8-11-5-2-3-7-13(11)14(12)15/h2-3,5,7,12,14H,4,6,8-10H2,1H3. The molecular weight excluding hydrogens is 220 g/mol. The minimum absolute atomic E-state index is 0.196. The van der Waals surface area contributed by atoms with Crippen LogP contribution in [0.3, 0.4) is 0 Å². The predicted octanol–water partition coefficient (Wildman–Crippen LogP) is 3.96. The molecule has 0 N–H and O–H groups in total. The van der Waals surface area contributed by atoms with Crippen LogP contribution < -0.4 is 0 Å². The van der Waals surface area contributed by atoms with Gasteiger partial charge in [-0.1, -0.05) is 24.3 Å². The highest BCUT2D eigenvalue weighted by Gasteiger charge is 2.26. The lowest BCUT2D eigenvalue weighted by atomic mass is 9.81. The van der Waals surface area contributed by atoms with E-state index in [1.807, 2.05) is 0 Å². The summed E-state index contributed by atoms with van der Waals surface area (Å²) in [4.78, 5) is 0. The van der Waals surface area contributed by atoms with Crippen LogP contribution in [-0.2, 0) is 11.2 Å². The summed E-state index contributed by atoms with van der Waals surface area (Å²) in [5.74, 6) is 0.617. The molecule has 88 valence electrons. The molecule has 1 aliphatic rings. The molecule has 0 heterocycles. The highest BCUT2D eigenvalue weighted by molar-refractivity contribution is 6.21. The molecule has 2 unspecified atom stereocenters. The van der Waals surface area contributed by atoms with E-state index in [1.54, 1.807) is 7.11 Å². The summed E-state index contributed by atoms with van der Waals surface area (Å²) in [6, 6.07) is 8.57. The van der Waals surface area contributed by atoms with Crippen molar-refractivity contribution in [1.29, 1.82) is 0 Å². The van der Waals surface area contributed by atoms with Crippen LogP contribution in [0.2, 0.25) is 0 Å². The van der Waals surface area contributed by atoms with Crippen LogP contribution in [-0.4, -0.2) is 13.7 Å². The molecule has 16 heavy (non-hydrogen) atoms. The second kappa shape index (κ2) is 5.70. The van der Waals surface area contributed by atoms with Gasteiger partial charge >= 0.3 is 0 Å². The molecule has 1 aromatic rings. The molecule has 2 heteroatoms. The summed E-state index contributed by atoms with van der Waals surface area (Å²) in [7, 11) is 1.76. The number of hydrogen-bond donors (Lipinski definition) is 0. The monoisotopic (exact) mass is 238 g/mol. The van der Waals surface area contributed by atoms with Gasteiger partial charge in [-0.2, -0.15) is 0 Å². The van der Waals surface area contributed by atoms with Crippen molar-refractivity contribution in [3.63, 3.8) is 0 Å². The quantitative estimate of drug-likeness (QED) is 0.570. The predicted molar refractivity (Wildman–Crippen MR) is 68.0 cm³/mol. The maximum absolute atomic E-state index is 6.55. The summed E-state index contributed by atoms with van der Waals surface area (Å²) in [6.07, 6.45) is 4.69. The fourth-order valence-electron chi connectivity index (χ4n) is 2.55. The van der Waals surface area contributed by atoms with E-state index in [-0.39, 0.29) is 5.38 Å². The lowest BCUT2D eigenvalue weighted by Crippen LogP contribution is -2.17. The van der Waals surface area contributed by atoms with Gasteiger partial charge in [0.25, 0.3) is 0 Å². The Labute approximate surface area is 103 Å². The largest absolute Gasteiger partial charge is 0.385 e. The van der Waals surface area contributed by atoms with Gasteiger partial charge < -0.3 is 4.74 Å². The highest BCUT2D eigenvalue weighted by Crippen LogP contribution is 2.41. The van der Waals surface area contributed by atoms with Crippen molar-refractivity contribution in [3.8, 4) is 0 Å². The van der Waals surface area contributed by atoms with Gasteiger partial charge in [-0.15, -0.1) is 11.6 Å². The molecule has 0 bridgehead atoms. The molecule has 0 aromatic heterocycles. The SMILES string of the molecule is COCCCC1CCc2ccccc2C1Cl. The minimum atomic E-state index is 0.196. The Bertz CT molecular complexity index is 337. The van der Waals surface area contributed by atoms with Gasteiger partial charge in [0.15, 0.2) is 0 Å². The first-order valence-corrected chi connectivity index (χ1v) is 6.47. The Balaban J connectivity index is 2.00. The van der Waals surface area contributed by atoms with Crippen molar-refractivity contribution in [1.82, 2.24) is 0 Å². The van der Waals surface area contributed by atoms with Crippen LogP contribution in [0.25, 0.3) is 0 Å². The second-order valence-electron chi connectivity index (χ2n) is 4.53. The number of benzene rings is 1. The maximum atomic E-state index is 6.55. The summed E-state index contributed by atoms with van der Waals surface area (Å²) < 4.78 is 5.09. The topological polar surface area (TPSA) is 9.23 Å². The van der Waals surface area contributed by atoms with Gasteiger partial charge in [0.05, 0.1) is 5.38 Å². The van der Waals surface area contributed by atoms with Crippen LogP contribution in [0.5, 0.6) is 0 Å². The van der Waals surface area contributed by atoms with E-state index in [2.05, 4.69) is 24.3 Å². The third-order valence-corrected chi connectivity index (χ3v) is 4.07. The van der Waals surface area contributed by atoms with Crippen LogP contribution in [0.1, 0.15) is 35.8 Å². The molecule has 1 aliphatic carbocycles. The number of fused-ring (bicyclic) bond motifs is 1. The van der Waals surface area contributed by atoms with Crippen LogP contribution in [0.4, 0.5) is 0 Å². The van der Waals surface area contributed by atoms with E-state index in [1.165, 1.54) is 30.4 Å². The fraction of sp³-hybridized carbons (Fsp3) is 0.571. The molecule has 2 atom stereocenters. The maximum Gasteiger partial charge on any atom is 0.0616 e. The molecule has 1 nitrogen and oxygen atoms in total. The molecule has 2 rings (SSSR count). The zero-order valence-electron chi connectivity index (χ0n) is 9.79. The summed E-state index contributed by atoms with van der Waals surface area (Å²) >= 11 is 6.55. The molecule has 0 aliphatic heterocycles. The third kappa shape index (κ3) is 2.58.